The predicted octanol–water partition coefficient (Wildman–Crippen LogP) is 3.84. The third-order valence-corrected chi connectivity index (χ3v) is 5.34. The van der Waals surface area contributed by atoms with Gasteiger partial charge in [0.2, 0.25) is 0 Å². The molecule has 1 fully saturated rings. The number of ether oxygens (including phenoxy) is 1. The molecule has 2 rings (SSSR count). The van der Waals surface area contributed by atoms with Crippen LogP contribution in [0.4, 0.5) is 0 Å². The minimum atomic E-state index is -0.335. The van der Waals surface area contributed by atoms with Gasteiger partial charge in [0.25, 0.3) is 0 Å². The quantitative estimate of drug-likeness (QED) is 0.658. The number of hydrogen-bond donors (Lipinski definition) is 1. The maximum absolute atomic E-state index is 6.08. The number of hydrogen-bond acceptors (Lipinski definition) is 5. The molecule has 0 aromatic carbocycles. The highest BCUT2D eigenvalue weighted by molar-refractivity contribution is 7.80. The normalized spacial score (nSPS) is 21.0. The van der Waals surface area contributed by atoms with E-state index >= 15 is 0 Å². The summed E-state index contributed by atoms with van der Waals surface area (Å²) in [6, 6.07) is 2.13. The molecule has 6 heteroatoms. The molecule has 3 nitrogen and oxygen atoms in total. The van der Waals surface area contributed by atoms with E-state index in [9.17, 15) is 0 Å². The Hall–Kier alpha value is -0.265. The first-order chi connectivity index (χ1) is 9.79. The minimum absolute atomic E-state index is 0.324. The summed E-state index contributed by atoms with van der Waals surface area (Å²) in [5.74, 6) is 0.603. The van der Waals surface area contributed by atoms with Crippen LogP contribution >= 0.6 is 24.0 Å². The fraction of sp³-hybridized carbons (Fsp3) is 0.600. The summed E-state index contributed by atoms with van der Waals surface area (Å²) in [5.41, 5.74) is 1.54. The zero-order valence-electron chi connectivity index (χ0n) is 13.3. The Kier molecular flexibility index (Phi) is 5.26. The second-order valence-corrected chi connectivity index (χ2v) is 7.56. The van der Waals surface area contributed by atoms with Crippen molar-refractivity contribution in [3.8, 4) is 0 Å². The van der Waals surface area contributed by atoms with E-state index in [4.69, 9.17) is 14.0 Å². The molecular formula is C15H23BO3S2. The molecule has 0 saturated carbocycles. The van der Waals surface area contributed by atoms with Gasteiger partial charge in [0.05, 0.1) is 17.8 Å². The summed E-state index contributed by atoms with van der Waals surface area (Å²) < 4.78 is 17.3. The van der Waals surface area contributed by atoms with Crippen molar-refractivity contribution < 1.29 is 14.0 Å². The summed E-state index contributed by atoms with van der Waals surface area (Å²) in [6.07, 6.45) is 2.10. The molecule has 1 aromatic rings. The van der Waals surface area contributed by atoms with Crippen molar-refractivity contribution in [2.75, 3.05) is 12.9 Å². The van der Waals surface area contributed by atoms with Crippen molar-refractivity contribution in [2.24, 2.45) is 0 Å². The Morgan fingerprint density at radius 3 is 2.48 bits per heavy atom. The minimum Gasteiger partial charge on any atom is -0.400 e. The molecule has 1 aromatic heterocycles. The van der Waals surface area contributed by atoms with E-state index in [1.807, 2.05) is 0 Å². The average Bonchev–Trinajstić information content (AvgIpc) is 2.90. The van der Waals surface area contributed by atoms with E-state index in [2.05, 4.69) is 57.8 Å². The lowest BCUT2D eigenvalue weighted by Crippen LogP contribution is -2.41. The first-order valence-electron chi connectivity index (χ1n) is 7.02. The van der Waals surface area contributed by atoms with Crippen molar-refractivity contribution in [3.05, 3.63) is 27.4 Å². The Balaban J connectivity index is 2.18. The van der Waals surface area contributed by atoms with Gasteiger partial charge in [-0.05, 0) is 50.2 Å². The van der Waals surface area contributed by atoms with Crippen LogP contribution in [0.1, 0.15) is 38.1 Å². The molecule has 0 radical (unpaired) electrons. The smallest absolute Gasteiger partial charge is 0.400 e. The Bertz CT molecular complexity index is 507. The Morgan fingerprint density at radius 2 is 1.95 bits per heavy atom. The fourth-order valence-electron chi connectivity index (χ4n) is 2.09. The summed E-state index contributed by atoms with van der Waals surface area (Å²) in [4.78, 5) is 1.20. The van der Waals surface area contributed by atoms with E-state index in [0.29, 0.717) is 12.4 Å². The van der Waals surface area contributed by atoms with E-state index in [0.717, 1.165) is 11.0 Å². The third kappa shape index (κ3) is 3.74. The standard InChI is InChI=1S/C15H23BO3S2/c1-14(2)15(3,4)19-16(18-14)12(9-20)6-11-7-13(8-17-5)21-10-11/h6-7,10,20H,8-9H2,1-5H3. The van der Waals surface area contributed by atoms with Crippen LogP contribution < -0.4 is 0 Å². The van der Waals surface area contributed by atoms with Gasteiger partial charge in [-0.15, -0.1) is 11.3 Å². The van der Waals surface area contributed by atoms with Crippen LogP contribution in [0, 0.1) is 0 Å². The lowest BCUT2D eigenvalue weighted by atomic mass is 9.78. The molecule has 1 aliphatic heterocycles. The topological polar surface area (TPSA) is 27.7 Å². The zero-order chi connectivity index (χ0) is 15.7. The van der Waals surface area contributed by atoms with Gasteiger partial charge < -0.3 is 14.0 Å². The lowest BCUT2D eigenvalue weighted by Gasteiger charge is -2.32. The van der Waals surface area contributed by atoms with Crippen LogP contribution in [0.5, 0.6) is 0 Å². The van der Waals surface area contributed by atoms with Crippen molar-refractivity contribution in [3.63, 3.8) is 0 Å². The molecule has 0 amide bonds. The summed E-state index contributed by atoms with van der Waals surface area (Å²) >= 11 is 6.13. The van der Waals surface area contributed by atoms with Gasteiger partial charge in [-0.3, -0.25) is 0 Å². The molecule has 116 valence electrons. The van der Waals surface area contributed by atoms with Crippen LogP contribution in [0.3, 0.4) is 0 Å². The monoisotopic (exact) mass is 326 g/mol. The largest absolute Gasteiger partial charge is 0.491 e. The van der Waals surface area contributed by atoms with Gasteiger partial charge in [0, 0.05) is 17.7 Å². The van der Waals surface area contributed by atoms with Crippen molar-refractivity contribution in [1.29, 1.82) is 0 Å². The first-order valence-corrected chi connectivity index (χ1v) is 8.53. The highest BCUT2D eigenvalue weighted by atomic mass is 32.1. The molecule has 1 saturated heterocycles. The Labute approximate surface area is 137 Å². The van der Waals surface area contributed by atoms with Gasteiger partial charge in [-0.25, -0.2) is 0 Å². The molecule has 2 heterocycles. The lowest BCUT2D eigenvalue weighted by molar-refractivity contribution is 0.00578. The molecule has 0 aliphatic carbocycles. The fourth-order valence-corrected chi connectivity index (χ4v) is 3.14. The van der Waals surface area contributed by atoms with Crippen LogP contribution in [0.15, 0.2) is 16.9 Å². The molecule has 0 unspecified atom stereocenters. The van der Waals surface area contributed by atoms with Gasteiger partial charge >= 0.3 is 7.12 Å². The number of thiophene rings is 1. The molecule has 21 heavy (non-hydrogen) atoms. The summed E-state index contributed by atoms with van der Waals surface area (Å²) in [5, 5.41) is 2.11. The van der Waals surface area contributed by atoms with Crippen molar-refractivity contribution in [1.82, 2.24) is 0 Å². The van der Waals surface area contributed by atoms with E-state index in [1.54, 1.807) is 18.4 Å². The van der Waals surface area contributed by atoms with Gasteiger partial charge in [-0.1, -0.05) is 6.08 Å². The first kappa shape index (κ1) is 17.1. The molecule has 0 atom stereocenters. The third-order valence-electron chi connectivity index (χ3n) is 4.05. The number of methoxy groups -OCH3 is 1. The molecule has 0 bridgehead atoms. The van der Waals surface area contributed by atoms with Crippen LogP contribution in [-0.4, -0.2) is 31.2 Å². The predicted molar refractivity (Wildman–Crippen MR) is 92.9 cm³/mol. The van der Waals surface area contributed by atoms with E-state index in [1.165, 1.54) is 4.88 Å². The van der Waals surface area contributed by atoms with Gasteiger partial charge in [-0.2, -0.15) is 12.6 Å². The van der Waals surface area contributed by atoms with E-state index < -0.39 is 0 Å². The molecular weight excluding hydrogens is 303 g/mol. The van der Waals surface area contributed by atoms with Crippen LogP contribution in [0.25, 0.3) is 6.08 Å². The second kappa shape index (κ2) is 6.46. The van der Waals surface area contributed by atoms with Crippen molar-refractivity contribution in [2.45, 2.75) is 45.5 Å². The molecule has 1 aliphatic rings. The summed E-state index contributed by atoms with van der Waals surface area (Å²) in [7, 11) is 1.37. The van der Waals surface area contributed by atoms with Gasteiger partial charge in [0.15, 0.2) is 0 Å². The van der Waals surface area contributed by atoms with Crippen LogP contribution in [-0.2, 0) is 20.7 Å². The zero-order valence-corrected chi connectivity index (χ0v) is 15.0. The van der Waals surface area contributed by atoms with Crippen molar-refractivity contribution >= 4 is 37.2 Å². The average molecular weight is 326 g/mol. The highest BCUT2D eigenvalue weighted by Gasteiger charge is 2.52. The SMILES string of the molecule is COCc1cc(C=C(CS)B2OC(C)(C)C(C)(C)O2)cs1. The molecule has 0 spiro atoms. The van der Waals surface area contributed by atoms with Crippen LogP contribution in [0.2, 0.25) is 0 Å². The van der Waals surface area contributed by atoms with E-state index in [-0.39, 0.29) is 18.3 Å². The Morgan fingerprint density at radius 1 is 1.33 bits per heavy atom. The maximum Gasteiger partial charge on any atom is 0.491 e. The maximum atomic E-state index is 6.08. The molecule has 0 N–H and O–H groups in total. The number of rotatable bonds is 5. The van der Waals surface area contributed by atoms with Gasteiger partial charge in [0.1, 0.15) is 0 Å². The second-order valence-electron chi connectivity index (χ2n) is 6.24. The number of thiol groups is 1. The summed E-state index contributed by atoms with van der Waals surface area (Å²) in [6.45, 7) is 8.88. The highest BCUT2D eigenvalue weighted by Crippen LogP contribution is 2.39.